The Bertz CT molecular complexity index is 566. The van der Waals surface area contributed by atoms with E-state index >= 15 is 0 Å². The number of fused-ring (bicyclic) bond motifs is 1. The van der Waals surface area contributed by atoms with E-state index in [0.717, 1.165) is 36.8 Å². The third kappa shape index (κ3) is 3.49. The molecule has 1 aromatic heterocycles. The Morgan fingerprint density at radius 1 is 1.14 bits per heavy atom. The highest BCUT2D eigenvalue weighted by Gasteiger charge is 2.14. The predicted molar refractivity (Wildman–Crippen MR) is 88.5 cm³/mol. The van der Waals surface area contributed by atoms with Gasteiger partial charge >= 0.3 is 0 Å². The number of rotatable bonds is 6. The molecule has 1 saturated carbocycles. The van der Waals surface area contributed by atoms with Crippen LogP contribution in [-0.2, 0) is 13.0 Å². The number of hydrogen-bond acceptors (Lipinski definition) is 2. The van der Waals surface area contributed by atoms with Gasteiger partial charge in [0.1, 0.15) is 11.3 Å². The minimum absolute atomic E-state index is 0.937. The van der Waals surface area contributed by atoms with Crippen LogP contribution < -0.4 is 5.32 Å². The Labute approximate surface area is 127 Å². The van der Waals surface area contributed by atoms with Crippen LogP contribution in [0.2, 0.25) is 0 Å². The standard InChI is InChI=1S/C19H27NO/c1-2-18-17(16-10-6-7-11-19(16)21-18)14-20-13-12-15-8-4-3-5-9-15/h6-7,10-11,15,20H,2-5,8-9,12-14H2,1H3. The summed E-state index contributed by atoms with van der Waals surface area (Å²) in [4.78, 5) is 0. The van der Waals surface area contributed by atoms with Crippen molar-refractivity contribution in [3.05, 3.63) is 35.6 Å². The summed E-state index contributed by atoms with van der Waals surface area (Å²) in [6, 6.07) is 8.39. The average Bonchev–Trinajstić information content (AvgIpc) is 2.90. The van der Waals surface area contributed by atoms with E-state index < -0.39 is 0 Å². The summed E-state index contributed by atoms with van der Waals surface area (Å²) in [5.74, 6) is 2.10. The molecule has 0 unspecified atom stereocenters. The van der Waals surface area contributed by atoms with Gasteiger partial charge in [-0.05, 0) is 24.9 Å². The van der Waals surface area contributed by atoms with E-state index in [2.05, 4.69) is 30.4 Å². The van der Waals surface area contributed by atoms with Crippen molar-refractivity contribution < 1.29 is 4.42 Å². The summed E-state index contributed by atoms with van der Waals surface area (Å²) in [7, 11) is 0. The van der Waals surface area contributed by atoms with Gasteiger partial charge in [-0.15, -0.1) is 0 Å². The first kappa shape index (κ1) is 14.6. The Morgan fingerprint density at radius 3 is 2.76 bits per heavy atom. The second-order valence-electron chi connectivity index (χ2n) is 6.32. The van der Waals surface area contributed by atoms with Crippen LogP contribution in [0.3, 0.4) is 0 Å². The number of furan rings is 1. The van der Waals surface area contributed by atoms with Crippen molar-refractivity contribution in [2.24, 2.45) is 5.92 Å². The first-order chi connectivity index (χ1) is 10.4. The average molecular weight is 285 g/mol. The lowest BCUT2D eigenvalue weighted by Crippen LogP contribution is -2.19. The van der Waals surface area contributed by atoms with Gasteiger partial charge in [-0.2, -0.15) is 0 Å². The maximum atomic E-state index is 5.96. The van der Waals surface area contributed by atoms with Crippen molar-refractivity contribution in [3.8, 4) is 0 Å². The third-order valence-corrected chi connectivity index (χ3v) is 4.86. The molecule has 1 fully saturated rings. The van der Waals surface area contributed by atoms with Gasteiger partial charge in [0, 0.05) is 23.9 Å². The largest absolute Gasteiger partial charge is 0.461 e. The van der Waals surface area contributed by atoms with E-state index in [0.29, 0.717) is 0 Å². The van der Waals surface area contributed by atoms with Crippen molar-refractivity contribution >= 4 is 11.0 Å². The molecular formula is C19H27NO. The maximum absolute atomic E-state index is 5.96. The van der Waals surface area contributed by atoms with Gasteiger partial charge in [-0.25, -0.2) is 0 Å². The molecular weight excluding hydrogens is 258 g/mol. The summed E-state index contributed by atoms with van der Waals surface area (Å²) in [6.07, 6.45) is 9.51. The molecule has 0 aliphatic heterocycles. The highest BCUT2D eigenvalue weighted by atomic mass is 16.3. The quantitative estimate of drug-likeness (QED) is 0.751. The van der Waals surface area contributed by atoms with E-state index in [1.54, 1.807) is 0 Å². The summed E-state index contributed by atoms with van der Waals surface area (Å²) < 4.78 is 5.96. The van der Waals surface area contributed by atoms with Crippen LogP contribution in [-0.4, -0.2) is 6.54 Å². The van der Waals surface area contributed by atoms with E-state index in [1.807, 2.05) is 6.07 Å². The fourth-order valence-electron chi connectivity index (χ4n) is 3.62. The molecule has 1 aromatic carbocycles. The van der Waals surface area contributed by atoms with Gasteiger partial charge in [0.05, 0.1) is 0 Å². The van der Waals surface area contributed by atoms with Crippen LogP contribution in [0.1, 0.15) is 56.8 Å². The van der Waals surface area contributed by atoms with Crippen LogP contribution in [0.25, 0.3) is 11.0 Å². The molecule has 114 valence electrons. The van der Waals surface area contributed by atoms with Crippen LogP contribution in [0.15, 0.2) is 28.7 Å². The molecule has 2 aromatic rings. The van der Waals surface area contributed by atoms with Gasteiger partial charge in [0.2, 0.25) is 0 Å². The lowest BCUT2D eigenvalue weighted by atomic mass is 9.87. The molecule has 1 heterocycles. The zero-order valence-corrected chi connectivity index (χ0v) is 13.2. The Hall–Kier alpha value is -1.28. The van der Waals surface area contributed by atoms with Crippen molar-refractivity contribution in [1.82, 2.24) is 5.32 Å². The van der Waals surface area contributed by atoms with E-state index in [-0.39, 0.29) is 0 Å². The monoisotopic (exact) mass is 285 g/mol. The second kappa shape index (κ2) is 7.13. The number of benzene rings is 1. The van der Waals surface area contributed by atoms with Gasteiger partial charge in [-0.3, -0.25) is 0 Å². The molecule has 2 heteroatoms. The molecule has 1 aliphatic rings. The minimum Gasteiger partial charge on any atom is -0.461 e. The van der Waals surface area contributed by atoms with Crippen molar-refractivity contribution in [3.63, 3.8) is 0 Å². The van der Waals surface area contributed by atoms with Crippen molar-refractivity contribution in [1.29, 1.82) is 0 Å². The molecule has 0 radical (unpaired) electrons. The zero-order valence-electron chi connectivity index (χ0n) is 13.2. The molecule has 3 rings (SSSR count). The van der Waals surface area contributed by atoms with Gasteiger partial charge < -0.3 is 9.73 Å². The Morgan fingerprint density at radius 2 is 1.95 bits per heavy atom. The van der Waals surface area contributed by atoms with Gasteiger partial charge in [0.15, 0.2) is 0 Å². The number of nitrogens with one attached hydrogen (secondary N) is 1. The smallest absolute Gasteiger partial charge is 0.134 e. The molecule has 1 N–H and O–H groups in total. The molecule has 0 spiro atoms. The minimum atomic E-state index is 0.937. The first-order valence-electron chi connectivity index (χ1n) is 8.58. The van der Waals surface area contributed by atoms with E-state index in [1.165, 1.54) is 49.5 Å². The number of aryl methyl sites for hydroxylation is 1. The maximum Gasteiger partial charge on any atom is 0.134 e. The molecule has 0 atom stereocenters. The molecule has 21 heavy (non-hydrogen) atoms. The lowest BCUT2D eigenvalue weighted by Gasteiger charge is -2.21. The Kier molecular flexibility index (Phi) is 4.97. The summed E-state index contributed by atoms with van der Waals surface area (Å²) in [5, 5.41) is 4.92. The van der Waals surface area contributed by atoms with E-state index in [4.69, 9.17) is 4.42 Å². The fourth-order valence-corrected chi connectivity index (χ4v) is 3.62. The van der Waals surface area contributed by atoms with Gasteiger partial charge in [-0.1, -0.05) is 57.2 Å². The number of para-hydroxylation sites is 1. The van der Waals surface area contributed by atoms with Crippen LogP contribution in [0.4, 0.5) is 0 Å². The fraction of sp³-hybridized carbons (Fsp3) is 0.579. The Balaban J connectivity index is 1.57. The first-order valence-corrected chi connectivity index (χ1v) is 8.58. The third-order valence-electron chi connectivity index (χ3n) is 4.86. The zero-order chi connectivity index (χ0) is 14.5. The van der Waals surface area contributed by atoms with Crippen LogP contribution >= 0.6 is 0 Å². The van der Waals surface area contributed by atoms with E-state index in [9.17, 15) is 0 Å². The predicted octanol–water partition coefficient (Wildman–Crippen LogP) is 5.06. The summed E-state index contributed by atoms with van der Waals surface area (Å²) >= 11 is 0. The summed E-state index contributed by atoms with van der Waals surface area (Å²) in [5.41, 5.74) is 2.38. The molecule has 0 amide bonds. The molecule has 2 nitrogen and oxygen atoms in total. The van der Waals surface area contributed by atoms with Crippen molar-refractivity contribution in [2.75, 3.05) is 6.54 Å². The SMILES string of the molecule is CCc1oc2ccccc2c1CNCCC1CCCCC1. The topological polar surface area (TPSA) is 25.2 Å². The van der Waals surface area contributed by atoms with Crippen LogP contribution in [0, 0.1) is 5.92 Å². The molecule has 1 aliphatic carbocycles. The lowest BCUT2D eigenvalue weighted by molar-refractivity contribution is 0.333. The van der Waals surface area contributed by atoms with Crippen molar-refractivity contribution in [2.45, 2.75) is 58.4 Å². The number of hydrogen-bond donors (Lipinski definition) is 1. The molecule has 0 bridgehead atoms. The molecule has 0 saturated heterocycles. The summed E-state index contributed by atoms with van der Waals surface area (Å²) in [6.45, 7) is 4.24. The normalized spacial score (nSPS) is 16.6. The van der Waals surface area contributed by atoms with Gasteiger partial charge in [0.25, 0.3) is 0 Å². The second-order valence-corrected chi connectivity index (χ2v) is 6.32. The highest BCUT2D eigenvalue weighted by Crippen LogP contribution is 2.27. The highest BCUT2D eigenvalue weighted by molar-refractivity contribution is 5.82. The van der Waals surface area contributed by atoms with Crippen LogP contribution in [0.5, 0.6) is 0 Å².